The summed E-state index contributed by atoms with van der Waals surface area (Å²) in [6.07, 6.45) is 1.47. The Hall–Kier alpha value is -2.14. The van der Waals surface area contributed by atoms with E-state index in [2.05, 4.69) is 15.4 Å². The summed E-state index contributed by atoms with van der Waals surface area (Å²) in [5.41, 5.74) is 4.28. The van der Waals surface area contributed by atoms with Crippen LogP contribution in [0, 0.1) is 0 Å². The smallest absolute Gasteiger partial charge is 0.143 e. The van der Waals surface area contributed by atoms with Gasteiger partial charge in [0, 0.05) is 11.6 Å². The lowest BCUT2D eigenvalue weighted by Crippen LogP contribution is -2.08. The number of hydrogen-bond donors (Lipinski definition) is 2. The number of nitrogens with zero attached hydrogens (tertiary/aromatic N) is 2. The maximum Gasteiger partial charge on any atom is 0.143 e. The fourth-order valence-corrected chi connectivity index (χ4v) is 1.36. The Bertz CT molecular complexity index is 470. The van der Waals surface area contributed by atoms with Crippen molar-refractivity contribution in [2.45, 2.75) is 0 Å². The summed E-state index contributed by atoms with van der Waals surface area (Å²) >= 11 is 0. The van der Waals surface area contributed by atoms with Crippen LogP contribution in [0.25, 0.3) is 11.3 Å². The van der Waals surface area contributed by atoms with Gasteiger partial charge >= 0.3 is 0 Å². The molecule has 0 saturated heterocycles. The van der Waals surface area contributed by atoms with Gasteiger partial charge in [0.25, 0.3) is 0 Å². The topological polar surface area (TPSA) is 73.1 Å². The average Bonchev–Trinajstić information content (AvgIpc) is 2.39. The monoisotopic (exact) mass is 216 g/mol. The highest BCUT2D eigenvalue weighted by atomic mass is 16.5. The molecule has 0 aliphatic rings. The minimum atomic E-state index is 0.584. The number of ether oxygens (including phenoxy) is 1. The third kappa shape index (κ3) is 2.09. The lowest BCUT2D eigenvalue weighted by molar-refractivity contribution is 0.415. The van der Waals surface area contributed by atoms with Crippen molar-refractivity contribution in [3.63, 3.8) is 0 Å². The summed E-state index contributed by atoms with van der Waals surface area (Å²) in [4.78, 5) is 8.11. The van der Waals surface area contributed by atoms with Gasteiger partial charge in [-0.25, -0.2) is 15.8 Å². The number of rotatable bonds is 3. The Morgan fingerprint density at radius 2 is 1.94 bits per heavy atom. The van der Waals surface area contributed by atoms with Crippen LogP contribution in [0.2, 0.25) is 0 Å². The van der Waals surface area contributed by atoms with E-state index in [4.69, 9.17) is 10.6 Å². The number of benzene rings is 1. The van der Waals surface area contributed by atoms with Crippen LogP contribution in [0.5, 0.6) is 5.75 Å². The van der Waals surface area contributed by atoms with Crippen LogP contribution in [0.4, 0.5) is 5.82 Å². The fourth-order valence-electron chi connectivity index (χ4n) is 1.36. The molecule has 16 heavy (non-hydrogen) atoms. The van der Waals surface area contributed by atoms with Crippen LogP contribution in [-0.4, -0.2) is 17.1 Å². The third-order valence-electron chi connectivity index (χ3n) is 2.20. The van der Waals surface area contributed by atoms with Gasteiger partial charge in [-0.3, -0.25) is 0 Å². The van der Waals surface area contributed by atoms with Crippen molar-refractivity contribution in [1.82, 2.24) is 9.97 Å². The number of nitrogens with two attached hydrogens (primary N) is 1. The standard InChI is InChI=1S/C11H12N4O/c1-16-9-4-2-8(3-5-9)10-6-11(15-12)14-7-13-10/h2-7H,12H2,1H3,(H,13,14,15). The zero-order valence-electron chi connectivity index (χ0n) is 8.84. The molecule has 0 unspecified atom stereocenters. The van der Waals surface area contributed by atoms with Crippen LogP contribution >= 0.6 is 0 Å². The summed E-state index contributed by atoms with van der Waals surface area (Å²) in [6.45, 7) is 0. The van der Waals surface area contributed by atoms with E-state index in [9.17, 15) is 0 Å². The molecule has 2 rings (SSSR count). The number of aromatic nitrogens is 2. The van der Waals surface area contributed by atoms with E-state index in [0.717, 1.165) is 17.0 Å². The lowest BCUT2D eigenvalue weighted by Gasteiger charge is -2.04. The average molecular weight is 216 g/mol. The maximum absolute atomic E-state index is 5.28. The summed E-state index contributed by atoms with van der Waals surface area (Å²) in [6, 6.07) is 9.41. The first kappa shape index (κ1) is 10.4. The molecule has 3 N–H and O–H groups in total. The van der Waals surface area contributed by atoms with E-state index in [1.54, 1.807) is 13.2 Å². The van der Waals surface area contributed by atoms with Gasteiger partial charge < -0.3 is 10.2 Å². The third-order valence-corrected chi connectivity index (χ3v) is 2.20. The largest absolute Gasteiger partial charge is 0.497 e. The van der Waals surface area contributed by atoms with Gasteiger partial charge in [-0.1, -0.05) is 0 Å². The SMILES string of the molecule is COc1ccc(-c2cc(NN)ncn2)cc1. The van der Waals surface area contributed by atoms with Gasteiger partial charge in [-0.2, -0.15) is 0 Å². The molecular formula is C11H12N4O. The van der Waals surface area contributed by atoms with E-state index >= 15 is 0 Å². The van der Waals surface area contributed by atoms with Gasteiger partial charge in [0.05, 0.1) is 12.8 Å². The molecule has 0 bridgehead atoms. The van der Waals surface area contributed by atoms with Gasteiger partial charge in [0.1, 0.15) is 17.9 Å². The van der Waals surface area contributed by atoms with E-state index in [-0.39, 0.29) is 0 Å². The van der Waals surface area contributed by atoms with Crippen molar-refractivity contribution in [2.24, 2.45) is 5.84 Å². The molecule has 5 heteroatoms. The number of anilines is 1. The lowest BCUT2D eigenvalue weighted by atomic mass is 10.1. The quantitative estimate of drug-likeness (QED) is 0.600. The van der Waals surface area contributed by atoms with Gasteiger partial charge in [-0.05, 0) is 24.3 Å². The zero-order valence-corrected chi connectivity index (χ0v) is 8.84. The van der Waals surface area contributed by atoms with Crippen molar-refractivity contribution in [3.8, 4) is 17.0 Å². The van der Waals surface area contributed by atoms with Crippen LogP contribution in [0.3, 0.4) is 0 Å². The van der Waals surface area contributed by atoms with Crippen LogP contribution < -0.4 is 16.0 Å². The van der Waals surface area contributed by atoms with Gasteiger partial charge in [0.15, 0.2) is 0 Å². The molecule has 0 aliphatic carbocycles. The Morgan fingerprint density at radius 3 is 2.56 bits per heavy atom. The van der Waals surface area contributed by atoms with Crippen molar-refractivity contribution in [2.75, 3.05) is 12.5 Å². The molecule has 0 radical (unpaired) electrons. The second kappa shape index (κ2) is 4.59. The summed E-state index contributed by atoms with van der Waals surface area (Å²) in [5.74, 6) is 6.68. The predicted octanol–water partition coefficient (Wildman–Crippen LogP) is 1.44. The van der Waals surface area contributed by atoms with Gasteiger partial charge in [0.2, 0.25) is 0 Å². The summed E-state index contributed by atoms with van der Waals surface area (Å²) in [7, 11) is 1.64. The van der Waals surface area contributed by atoms with Crippen LogP contribution in [-0.2, 0) is 0 Å². The molecule has 82 valence electrons. The molecule has 0 atom stereocenters. The first-order chi connectivity index (χ1) is 7.83. The summed E-state index contributed by atoms with van der Waals surface area (Å²) < 4.78 is 5.08. The fraction of sp³-hybridized carbons (Fsp3) is 0.0909. The molecule has 2 aromatic rings. The highest BCUT2D eigenvalue weighted by Crippen LogP contribution is 2.21. The Balaban J connectivity index is 2.34. The molecule has 0 spiro atoms. The first-order valence-corrected chi connectivity index (χ1v) is 4.76. The molecule has 0 saturated carbocycles. The molecule has 5 nitrogen and oxygen atoms in total. The van der Waals surface area contributed by atoms with Crippen molar-refractivity contribution < 1.29 is 4.74 Å². The Labute approximate surface area is 93.3 Å². The van der Waals surface area contributed by atoms with E-state index in [1.807, 2.05) is 24.3 Å². The second-order valence-corrected chi connectivity index (χ2v) is 3.16. The molecule has 0 amide bonds. The number of hydrazine groups is 1. The highest BCUT2D eigenvalue weighted by molar-refractivity contribution is 5.62. The number of nitrogen functional groups attached to an aromatic ring is 1. The van der Waals surface area contributed by atoms with E-state index < -0.39 is 0 Å². The number of methoxy groups -OCH3 is 1. The molecule has 1 aromatic heterocycles. The molecule has 1 heterocycles. The highest BCUT2D eigenvalue weighted by Gasteiger charge is 2.01. The number of nitrogens with one attached hydrogen (secondary N) is 1. The second-order valence-electron chi connectivity index (χ2n) is 3.16. The van der Waals surface area contributed by atoms with Crippen molar-refractivity contribution in [3.05, 3.63) is 36.7 Å². The Morgan fingerprint density at radius 1 is 1.19 bits per heavy atom. The maximum atomic E-state index is 5.28. The normalized spacial score (nSPS) is 9.88. The van der Waals surface area contributed by atoms with Gasteiger partial charge in [-0.15, -0.1) is 0 Å². The minimum absolute atomic E-state index is 0.584. The minimum Gasteiger partial charge on any atom is -0.497 e. The Kier molecular flexibility index (Phi) is 2.98. The zero-order chi connectivity index (χ0) is 11.4. The van der Waals surface area contributed by atoms with Crippen LogP contribution in [0.15, 0.2) is 36.7 Å². The molecule has 0 fully saturated rings. The molecule has 0 aliphatic heterocycles. The molecule has 1 aromatic carbocycles. The summed E-state index contributed by atoms with van der Waals surface area (Å²) in [5, 5.41) is 0. The molecular weight excluding hydrogens is 204 g/mol. The van der Waals surface area contributed by atoms with E-state index in [0.29, 0.717) is 5.82 Å². The number of hydrogen-bond acceptors (Lipinski definition) is 5. The van der Waals surface area contributed by atoms with Crippen LogP contribution in [0.1, 0.15) is 0 Å². The van der Waals surface area contributed by atoms with Crippen molar-refractivity contribution >= 4 is 5.82 Å². The first-order valence-electron chi connectivity index (χ1n) is 4.76. The van der Waals surface area contributed by atoms with Crippen molar-refractivity contribution in [1.29, 1.82) is 0 Å². The predicted molar refractivity (Wildman–Crippen MR) is 61.8 cm³/mol. The van der Waals surface area contributed by atoms with E-state index in [1.165, 1.54) is 6.33 Å².